The highest BCUT2D eigenvalue weighted by atomic mass is 16.5. The van der Waals surface area contributed by atoms with E-state index in [2.05, 4.69) is 39.3 Å². The third kappa shape index (κ3) is 3.25. The van der Waals surface area contributed by atoms with Crippen LogP contribution < -0.4 is 4.74 Å². The smallest absolute Gasteiger partial charge is 0.118 e. The molecular weight excluding hydrogens is 362 g/mol. The molecule has 0 aliphatic carbocycles. The Morgan fingerprint density at radius 1 is 0.966 bits per heavy atom. The molecule has 0 bridgehead atoms. The normalized spacial score (nSPS) is 11.1. The predicted molar refractivity (Wildman–Crippen MR) is 112 cm³/mol. The fourth-order valence-corrected chi connectivity index (χ4v) is 3.46. The number of benzene rings is 2. The molecule has 0 saturated heterocycles. The van der Waals surface area contributed by atoms with E-state index in [1.54, 1.807) is 13.3 Å². The third-order valence-corrected chi connectivity index (χ3v) is 4.97. The number of rotatable bonds is 5. The average molecular weight is 381 g/mol. The van der Waals surface area contributed by atoms with E-state index in [9.17, 15) is 0 Å². The van der Waals surface area contributed by atoms with Crippen molar-refractivity contribution >= 4 is 10.9 Å². The molecule has 5 aromatic rings. The van der Waals surface area contributed by atoms with Crippen molar-refractivity contribution in [2.45, 2.75) is 6.54 Å². The second-order valence-electron chi connectivity index (χ2n) is 6.77. The Morgan fingerprint density at radius 2 is 1.86 bits per heavy atom. The van der Waals surface area contributed by atoms with E-state index < -0.39 is 0 Å². The summed E-state index contributed by atoms with van der Waals surface area (Å²) in [6.45, 7) is 0.696. The number of hydrogen-bond acceptors (Lipinski definition) is 4. The molecule has 5 rings (SSSR count). The Balaban J connectivity index is 1.49. The molecular formula is C23H19N5O. The Morgan fingerprint density at radius 3 is 2.66 bits per heavy atom. The number of fused-ring (bicyclic) bond motifs is 1. The molecule has 29 heavy (non-hydrogen) atoms. The lowest BCUT2D eigenvalue weighted by Gasteiger charge is -2.07. The number of methoxy groups -OCH3 is 1. The van der Waals surface area contributed by atoms with Crippen molar-refractivity contribution in [3.63, 3.8) is 0 Å². The van der Waals surface area contributed by atoms with Crippen molar-refractivity contribution in [3.8, 4) is 22.7 Å². The number of nitrogens with zero attached hydrogens (tertiary/aromatic N) is 5. The summed E-state index contributed by atoms with van der Waals surface area (Å²) in [5, 5.41) is 5.71. The van der Waals surface area contributed by atoms with Crippen LogP contribution in [0.5, 0.6) is 5.75 Å². The first kappa shape index (κ1) is 17.2. The first-order chi connectivity index (χ1) is 14.3. The molecule has 0 N–H and O–H groups in total. The number of aromatic nitrogens is 5. The fraction of sp³-hybridized carbons (Fsp3) is 0.0870. The van der Waals surface area contributed by atoms with Crippen LogP contribution in [0.15, 0.2) is 85.7 Å². The Labute approximate surface area is 168 Å². The number of hydrogen-bond donors (Lipinski definition) is 0. The first-order valence-corrected chi connectivity index (χ1v) is 9.34. The highest BCUT2D eigenvalue weighted by Crippen LogP contribution is 2.25. The van der Waals surface area contributed by atoms with Crippen molar-refractivity contribution < 1.29 is 4.74 Å². The Bertz CT molecular complexity index is 1260. The topological polar surface area (TPSA) is 57.8 Å². The van der Waals surface area contributed by atoms with Gasteiger partial charge in [0.05, 0.1) is 43.1 Å². The molecule has 3 aromatic heterocycles. The number of pyridine rings is 1. The molecule has 0 saturated carbocycles. The first-order valence-electron chi connectivity index (χ1n) is 9.34. The molecule has 0 unspecified atom stereocenters. The maximum Gasteiger partial charge on any atom is 0.118 e. The van der Waals surface area contributed by atoms with Gasteiger partial charge in [-0.25, -0.2) is 4.98 Å². The monoisotopic (exact) mass is 381 g/mol. The van der Waals surface area contributed by atoms with Crippen LogP contribution >= 0.6 is 0 Å². The van der Waals surface area contributed by atoms with Gasteiger partial charge in [0, 0.05) is 29.5 Å². The van der Waals surface area contributed by atoms with Gasteiger partial charge in [0.25, 0.3) is 0 Å². The summed E-state index contributed by atoms with van der Waals surface area (Å²) in [6.07, 6.45) is 9.35. The quantitative estimate of drug-likeness (QED) is 0.454. The lowest BCUT2D eigenvalue weighted by molar-refractivity contribution is 0.414. The van der Waals surface area contributed by atoms with Crippen LogP contribution in [0.4, 0.5) is 0 Å². The maximum absolute atomic E-state index is 5.24. The highest BCUT2D eigenvalue weighted by Gasteiger charge is 2.10. The summed E-state index contributed by atoms with van der Waals surface area (Å²) in [5.41, 5.74) is 5.18. The third-order valence-electron chi connectivity index (χ3n) is 4.97. The lowest BCUT2D eigenvalue weighted by atomic mass is 10.2. The minimum Gasteiger partial charge on any atom is -0.497 e. The van der Waals surface area contributed by atoms with E-state index in [0.29, 0.717) is 6.54 Å². The SMILES string of the molecule is COc1ccc(Cn2ncc3c(-n4cnc(-c5cccnc5)c4)cccc32)cc1. The molecule has 0 atom stereocenters. The molecule has 0 aliphatic heterocycles. The molecule has 3 heterocycles. The Hall–Kier alpha value is -3.93. The van der Waals surface area contributed by atoms with Gasteiger partial charge in [-0.1, -0.05) is 18.2 Å². The van der Waals surface area contributed by atoms with Crippen LogP contribution in [0.1, 0.15) is 5.56 Å². The summed E-state index contributed by atoms with van der Waals surface area (Å²) in [4.78, 5) is 8.72. The van der Waals surface area contributed by atoms with Crippen molar-refractivity contribution in [2.75, 3.05) is 7.11 Å². The summed E-state index contributed by atoms with van der Waals surface area (Å²) in [5.74, 6) is 0.853. The van der Waals surface area contributed by atoms with Gasteiger partial charge in [-0.2, -0.15) is 5.10 Å². The second-order valence-corrected chi connectivity index (χ2v) is 6.77. The molecule has 0 spiro atoms. The van der Waals surface area contributed by atoms with Gasteiger partial charge in [0.1, 0.15) is 5.75 Å². The van der Waals surface area contributed by atoms with Gasteiger partial charge in [-0.15, -0.1) is 0 Å². The van der Waals surface area contributed by atoms with Crippen LogP contribution in [-0.2, 0) is 6.54 Å². The summed E-state index contributed by atoms with van der Waals surface area (Å²) >= 11 is 0. The van der Waals surface area contributed by atoms with Gasteiger partial charge < -0.3 is 9.30 Å². The van der Waals surface area contributed by atoms with Gasteiger partial charge in [0.2, 0.25) is 0 Å². The lowest BCUT2D eigenvalue weighted by Crippen LogP contribution is -2.01. The average Bonchev–Trinajstić information content (AvgIpc) is 3.43. The van der Waals surface area contributed by atoms with Crippen LogP contribution in [0.25, 0.3) is 27.8 Å². The zero-order valence-corrected chi connectivity index (χ0v) is 15.9. The minimum absolute atomic E-state index is 0.696. The maximum atomic E-state index is 5.24. The van der Waals surface area contributed by atoms with Crippen molar-refractivity contribution in [1.29, 1.82) is 0 Å². The van der Waals surface area contributed by atoms with Gasteiger partial charge in [-0.3, -0.25) is 9.67 Å². The molecule has 0 aliphatic rings. The molecule has 6 heteroatoms. The second kappa shape index (κ2) is 7.24. The summed E-state index contributed by atoms with van der Waals surface area (Å²) < 4.78 is 9.28. The van der Waals surface area contributed by atoms with Crippen LogP contribution in [0, 0.1) is 0 Å². The number of imidazole rings is 1. The molecule has 6 nitrogen and oxygen atoms in total. The predicted octanol–water partition coefficient (Wildman–Crippen LogP) is 4.34. The zero-order chi connectivity index (χ0) is 19.6. The highest BCUT2D eigenvalue weighted by molar-refractivity contribution is 5.87. The number of ether oxygens (including phenoxy) is 1. The van der Waals surface area contributed by atoms with E-state index in [1.807, 2.05) is 64.5 Å². The zero-order valence-electron chi connectivity index (χ0n) is 15.9. The van der Waals surface area contributed by atoms with E-state index >= 15 is 0 Å². The Kier molecular flexibility index (Phi) is 4.29. The van der Waals surface area contributed by atoms with E-state index in [0.717, 1.165) is 33.6 Å². The summed E-state index contributed by atoms with van der Waals surface area (Å²) in [7, 11) is 1.67. The van der Waals surface area contributed by atoms with Crippen LogP contribution in [0.2, 0.25) is 0 Å². The standard InChI is InChI=1S/C23H19N5O/c1-29-19-9-7-17(8-10-19)14-28-23-6-2-5-22(20(23)13-26-28)27-15-21(25-16-27)18-4-3-11-24-12-18/h2-13,15-16H,14H2,1H3. The van der Waals surface area contributed by atoms with E-state index in [4.69, 9.17) is 4.74 Å². The van der Waals surface area contributed by atoms with Gasteiger partial charge in [-0.05, 0) is 42.0 Å². The minimum atomic E-state index is 0.696. The molecule has 0 amide bonds. The molecule has 2 aromatic carbocycles. The molecule has 0 radical (unpaired) electrons. The van der Waals surface area contributed by atoms with Crippen molar-refractivity contribution in [2.24, 2.45) is 0 Å². The van der Waals surface area contributed by atoms with Crippen LogP contribution in [-0.4, -0.2) is 31.4 Å². The van der Waals surface area contributed by atoms with Gasteiger partial charge >= 0.3 is 0 Å². The molecule has 142 valence electrons. The van der Waals surface area contributed by atoms with Crippen molar-refractivity contribution in [3.05, 3.63) is 91.3 Å². The van der Waals surface area contributed by atoms with E-state index in [1.165, 1.54) is 5.56 Å². The summed E-state index contributed by atoms with van der Waals surface area (Å²) in [6, 6.07) is 18.2. The molecule has 0 fully saturated rings. The van der Waals surface area contributed by atoms with Crippen molar-refractivity contribution in [1.82, 2.24) is 24.3 Å². The largest absolute Gasteiger partial charge is 0.497 e. The van der Waals surface area contributed by atoms with Crippen LogP contribution in [0.3, 0.4) is 0 Å². The fourth-order valence-electron chi connectivity index (χ4n) is 3.46. The van der Waals surface area contributed by atoms with E-state index in [-0.39, 0.29) is 0 Å². The van der Waals surface area contributed by atoms with Gasteiger partial charge in [0.15, 0.2) is 0 Å².